The van der Waals surface area contributed by atoms with Crippen LogP contribution in [0.1, 0.15) is 11.5 Å². The normalized spacial score (nSPS) is 10.7. The Balaban J connectivity index is 2.86. The molecule has 0 amide bonds. The van der Waals surface area contributed by atoms with Gasteiger partial charge in [0.05, 0.1) is 5.39 Å². The van der Waals surface area contributed by atoms with Crippen LogP contribution in [0.25, 0.3) is 11.0 Å². The zero-order chi connectivity index (χ0) is 9.42. The minimum absolute atomic E-state index is 0.468. The molecule has 0 fully saturated rings. The summed E-state index contributed by atoms with van der Waals surface area (Å²) < 4.78 is 0. The van der Waals surface area contributed by atoms with Crippen LogP contribution in [0.2, 0.25) is 5.15 Å². The highest BCUT2D eigenvalue weighted by molar-refractivity contribution is 6.33. The van der Waals surface area contributed by atoms with Crippen LogP contribution >= 0.6 is 11.6 Å². The van der Waals surface area contributed by atoms with Crippen LogP contribution in [0, 0.1) is 13.8 Å². The molecule has 0 aromatic carbocycles. The first-order valence-electron chi connectivity index (χ1n) is 3.94. The summed E-state index contributed by atoms with van der Waals surface area (Å²) in [7, 11) is 0. The van der Waals surface area contributed by atoms with Crippen molar-refractivity contribution in [1.82, 2.24) is 15.0 Å². The van der Waals surface area contributed by atoms with E-state index in [1.165, 1.54) is 0 Å². The zero-order valence-electron chi connectivity index (χ0n) is 7.37. The number of nitrogens with zero attached hydrogens (tertiary/aromatic N) is 3. The van der Waals surface area contributed by atoms with Crippen molar-refractivity contribution in [3.63, 3.8) is 0 Å². The molecule has 0 bridgehead atoms. The van der Waals surface area contributed by atoms with E-state index in [2.05, 4.69) is 15.0 Å². The predicted molar refractivity (Wildman–Crippen MR) is 51.8 cm³/mol. The smallest absolute Gasteiger partial charge is 0.164 e. The van der Waals surface area contributed by atoms with E-state index in [9.17, 15) is 0 Å². The predicted octanol–water partition coefficient (Wildman–Crippen LogP) is 2.30. The van der Waals surface area contributed by atoms with E-state index in [1.807, 2.05) is 19.1 Å². The average molecular weight is 194 g/mol. The van der Waals surface area contributed by atoms with Gasteiger partial charge in [-0.3, -0.25) is 0 Å². The lowest BCUT2D eigenvalue weighted by molar-refractivity contribution is 1.06. The van der Waals surface area contributed by atoms with Crippen LogP contribution in [0.4, 0.5) is 0 Å². The maximum Gasteiger partial charge on any atom is 0.164 e. The quantitative estimate of drug-likeness (QED) is 0.603. The van der Waals surface area contributed by atoms with Crippen LogP contribution < -0.4 is 0 Å². The molecular weight excluding hydrogens is 186 g/mol. The molecule has 0 saturated heterocycles. The molecule has 0 atom stereocenters. The molecule has 0 radical (unpaired) electrons. The van der Waals surface area contributed by atoms with Crippen LogP contribution in [0.5, 0.6) is 0 Å². The van der Waals surface area contributed by atoms with Gasteiger partial charge < -0.3 is 0 Å². The fourth-order valence-electron chi connectivity index (χ4n) is 1.17. The van der Waals surface area contributed by atoms with Crippen molar-refractivity contribution < 1.29 is 0 Å². The van der Waals surface area contributed by atoms with Crippen LogP contribution in [0.15, 0.2) is 12.1 Å². The molecule has 0 N–H and O–H groups in total. The summed E-state index contributed by atoms with van der Waals surface area (Å²) in [4.78, 5) is 12.5. The fourth-order valence-corrected chi connectivity index (χ4v) is 1.44. The van der Waals surface area contributed by atoms with E-state index in [1.54, 1.807) is 6.92 Å². The molecule has 2 aromatic rings. The Kier molecular flexibility index (Phi) is 1.88. The Morgan fingerprint density at radius 3 is 2.62 bits per heavy atom. The summed E-state index contributed by atoms with van der Waals surface area (Å²) in [6, 6.07) is 3.78. The zero-order valence-corrected chi connectivity index (χ0v) is 8.13. The number of aryl methyl sites for hydroxylation is 2. The summed E-state index contributed by atoms with van der Waals surface area (Å²) >= 11 is 5.92. The fraction of sp³-hybridized carbons (Fsp3) is 0.222. The first kappa shape index (κ1) is 8.38. The number of fused-ring (bicyclic) bond motifs is 1. The van der Waals surface area contributed by atoms with Crippen molar-refractivity contribution in [3.05, 3.63) is 28.8 Å². The van der Waals surface area contributed by atoms with E-state index < -0.39 is 0 Å². The lowest BCUT2D eigenvalue weighted by atomic mass is 10.3. The maximum absolute atomic E-state index is 5.92. The van der Waals surface area contributed by atoms with E-state index in [-0.39, 0.29) is 0 Å². The number of hydrogen-bond donors (Lipinski definition) is 0. The number of hydrogen-bond acceptors (Lipinski definition) is 3. The summed E-state index contributed by atoms with van der Waals surface area (Å²) in [5, 5.41) is 1.27. The second-order valence-corrected chi connectivity index (χ2v) is 3.24. The number of pyridine rings is 1. The molecule has 4 heteroatoms. The Hall–Kier alpha value is -1.22. The molecule has 2 aromatic heterocycles. The van der Waals surface area contributed by atoms with Gasteiger partial charge in [0, 0.05) is 5.69 Å². The molecular formula is C9H8ClN3. The van der Waals surface area contributed by atoms with E-state index >= 15 is 0 Å². The maximum atomic E-state index is 5.92. The monoisotopic (exact) mass is 193 g/mol. The molecule has 0 spiro atoms. The third-order valence-electron chi connectivity index (χ3n) is 1.76. The molecule has 3 nitrogen and oxygen atoms in total. The SMILES string of the molecule is Cc1ccc2c(Cl)nc(C)nc2n1. The molecule has 0 aliphatic heterocycles. The van der Waals surface area contributed by atoms with Gasteiger partial charge in [-0.25, -0.2) is 15.0 Å². The third-order valence-corrected chi connectivity index (χ3v) is 2.05. The lowest BCUT2D eigenvalue weighted by Gasteiger charge is -2.00. The molecule has 0 saturated carbocycles. The van der Waals surface area contributed by atoms with Crippen molar-refractivity contribution in [2.75, 3.05) is 0 Å². The standard InChI is InChI=1S/C9H8ClN3/c1-5-3-4-7-8(10)12-6(2)13-9(7)11-5/h3-4H,1-2H3. The molecule has 2 rings (SSSR count). The third kappa shape index (κ3) is 1.47. The van der Waals surface area contributed by atoms with Crippen molar-refractivity contribution in [2.24, 2.45) is 0 Å². The number of aromatic nitrogens is 3. The van der Waals surface area contributed by atoms with E-state index in [0.717, 1.165) is 11.1 Å². The van der Waals surface area contributed by atoms with Gasteiger partial charge >= 0.3 is 0 Å². The summed E-state index contributed by atoms with van der Waals surface area (Å²) in [5.41, 5.74) is 1.60. The van der Waals surface area contributed by atoms with Crippen molar-refractivity contribution in [2.45, 2.75) is 13.8 Å². The minimum Gasteiger partial charge on any atom is -0.233 e. The van der Waals surface area contributed by atoms with Gasteiger partial charge in [0.2, 0.25) is 0 Å². The molecule has 66 valence electrons. The molecule has 0 aliphatic carbocycles. The van der Waals surface area contributed by atoms with Crippen molar-refractivity contribution >= 4 is 22.6 Å². The van der Waals surface area contributed by atoms with E-state index in [0.29, 0.717) is 16.6 Å². The Morgan fingerprint density at radius 1 is 1.08 bits per heavy atom. The first-order valence-corrected chi connectivity index (χ1v) is 4.32. The van der Waals surface area contributed by atoms with Crippen molar-refractivity contribution in [1.29, 1.82) is 0 Å². The summed E-state index contributed by atoms with van der Waals surface area (Å²) in [6.45, 7) is 3.72. The first-order chi connectivity index (χ1) is 6.16. The topological polar surface area (TPSA) is 38.7 Å². The van der Waals surface area contributed by atoms with Gasteiger partial charge in [-0.1, -0.05) is 11.6 Å². The van der Waals surface area contributed by atoms with Gasteiger partial charge in [-0.05, 0) is 26.0 Å². The summed E-state index contributed by atoms with van der Waals surface area (Å²) in [6.07, 6.45) is 0. The Labute approximate surface area is 80.8 Å². The molecule has 2 heterocycles. The van der Waals surface area contributed by atoms with Gasteiger partial charge in [-0.2, -0.15) is 0 Å². The van der Waals surface area contributed by atoms with Gasteiger partial charge in [-0.15, -0.1) is 0 Å². The number of rotatable bonds is 0. The van der Waals surface area contributed by atoms with Crippen LogP contribution in [0.3, 0.4) is 0 Å². The highest BCUT2D eigenvalue weighted by Crippen LogP contribution is 2.18. The molecule has 13 heavy (non-hydrogen) atoms. The molecule has 0 aliphatic rings. The van der Waals surface area contributed by atoms with Crippen molar-refractivity contribution in [3.8, 4) is 0 Å². The van der Waals surface area contributed by atoms with E-state index in [4.69, 9.17) is 11.6 Å². The Bertz CT molecular complexity index is 462. The minimum atomic E-state index is 0.468. The largest absolute Gasteiger partial charge is 0.233 e. The van der Waals surface area contributed by atoms with Crippen LogP contribution in [-0.2, 0) is 0 Å². The van der Waals surface area contributed by atoms with Gasteiger partial charge in [0.15, 0.2) is 5.65 Å². The summed E-state index contributed by atoms with van der Waals surface area (Å²) in [5.74, 6) is 0.649. The number of halogens is 1. The highest BCUT2D eigenvalue weighted by atomic mass is 35.5. The Morgan fingerprint density at radius 2 is 1.85 bits per heavy atom. The second kappa shape index (κ2) is 2.92. The van der Waals surface area contributed by atoms with Gasteiger partial charge in [0.1, 0.15) is 11.0 Å². The van der Waals surface area contributed by atoms with Crippen LogP contribution in [-0.4, -0.2) is 15.0 Å². The average Bonchev–Trinajstić information content (AvgIpc) is 2.02. The molecule has 0 unspecified atom stereocenters. The lowest BCUT2D eigenvalue weighted by Crippen LogP contribution is -1.93. The van der Waals surface area contributed by atoms with Gasteiger partial charge in [0.25, 0.3) is 0 Å². The highest BCUT2D eigenvalue weighted by Gasteiger charge is 2.03. The second-order valence-electron chi connectivity index (χ2n) is 2.89.